The van der Waals surface area contributed by atoms with Crippen molar-refractivity contribution in [1.29, 1.82) is 0 Å². The second-order valence-corrected chi connectivity index (χ2v) is 3.42. The molecule has 1 aromatic rings. The number of hydrogen-bond donors (Lipinski definition) is 1. The number of halogens is 1. The first-order valence-corrected chi connectivity index (χ1v) is 4.63. The van der Waals surface area contributed by atoms with Gasteiger partial charge in [-0.25, -0.2) is 4.98 Å². The third-order valence-corrected chi connectivity index (χ3v) is 2.02. The summed E-state index contributed by atoms with van der Waals surface area (Å²) >= 11 is 5.60. The Balaban J connectivity index is 3.05. The first kappa shape index (κ1) is 12.2. The summed E-state index contributed by atoms with van der Waals surface area (Å²) in [5.74, 6) is -1.45. The number of aromatic nitrogens is 1. The highest BCUT2D eigenvalue weighted by Crippen LogP contribution is 2.20. The van der Waals surface area contributed by atoms with Crippen molar-refractivity contribution in [2.45, 2.75) is 13.0 Å². The van der Waals surface area contributed by atoms with Crippen molar-refractivity contribution in [2.24, 2.45) is 0 Å². The zero-order valence-electron chi connectivity index (χ0n) is 8.19. The second kappa shape index (κ2) is 4.75. The SMILES string of the molecule is C[C@@H](Nc1[nH+]c(Cl)ccc1[N+](=O)[O-])C(=O)[O-]. The fourth-order valence-corrected chi connectivity index (χ4v) is 1.16. The molecule has 0 aliphatic rings. The Labute approximate surface area is 95.2 Å². The largest absolute Gasteiger partial charge is 0.546 e. The van der Waals surface area contributed by atoms with E-state index >= 15 is 0 Å². The molecule has 0 saturated heterocycles. The topological polar surface area (TPSA) is 109 Å². The number of nitro groups is 1. The van der Waals surface area contributed by atoms with Crippen molar-refractivity contribution in [2.75, 3.05) is 5.32 Å². The van der Waals surface area contributed by atoms with Gasteiger partial charge in [0, 0.05) is 12.1 Å². The van der Waals surface area contributed by atoms with Crippen molar-refractivity contribution in [3.8, 4) is 0 Å². The van der Waals surface area contributed by atoms with E-state index in [0.29, 0.717) is 0 Å². The van der Waals surface area contributed by atoms with E-state index in [9.17, 15) is 20.0 Å². The van der Waals surface area contributed by atoms with Crippen LogP contribution in [-0.4, -0.2) is 16.9 Å². The highest BCUT2D eigenvalue weighted by Gasteiger charge is 2.23. The van der Waals surface area contributed by atoms with Gasteiger partial charge in [0.05, 0.1) is 10.9 Å². The summed E-state index contributed by atoms with van der Waals surface area (Å²) in [5, 5.41) is 23.6. The average molecular weight is 246 g/mol. The van der Waals surface area contributed by atoms with E-state index in [1.165, 1.54) is 19.1 Å². The van der Waals surface area contributed by atoms with Crippen LogP contribution in [0.1, 0.15) is 6.92 Å². The number of nitrogens with zero attached hydrogens (tertiary/aromatic N) is 1. The minimum absolute atomic E-state index is 0.0748. The predicted molar refractivity (Wildman–Crippen MR) is 52.8 cm³/mol. The van der Waals surface area contributed by atoms with Gasteiger partial charge < -0.3 is 9.90 Å². The smallest absolute Gasteiger partial charge is 0.357 e. The molecule has 86 valence electrons. The van der Waals surface area contributed by atoms with Gasteiger partial charge in [-0.1, -0.05) is 0 Å². The maximum Gasteiger partial charge on any atom is 0.357 e. The molecule has 16 heavy (non-hydrogen) atoms. The zero-order valence-corrected chi connectivity index (χ0v) is 8.95. The monoisotopic (exact) mass is 245 g/mol. The number of aliphatic carboxylic acids is 1. The molecule has 1 rings (SSSR count). The Bertz CT molecular complexity index is 437. The van der Waals surface area contributed by atoms with Crippen LogP contribution >= 0.6 is 11.6 Å². The first-order chi connectivity index (χ1) is 7.41. The zero-order chi connectivity index (χ0) is 12.3. The number of rotatable bonds is 4. The number of carbonyl (C=O) groups excluding carboxylic acids is 1. The standard InChI is InChI=1S/C8H8ClN3O4/c1-4(8(13)14)10-7-5(12(15)16)2-3-6(9)11-7/h2-4H,1H3,(H,10,11)(H,13,14)/t4-/m1/s1. The van der Waals surface area contributed by atoms with E-state index in [1.807, 2.05) is 0 Å². The molecule has 0 spiro atoms. The van der Waals surface area contributed by atoms with Gasteiger partial charge >= 0.3 is 11.5 Å². The predicted octanol–water partition coefficient (Wildman–Crippen LogP) is -0.387. The third-order valence-electron chi connectivity index (χ3n) is 1.80. The van der Waals surface area contributed by atoms with Gasteiger partial charge in [0.15, 0.2) is 5.15 Å². The van der Waals surface area contributed by atoms with Gasteiger partial charge in [-0.3, -0.25) is 15.4 Å². The number of carbonyl (C=O) groups is 1. The summed E-state index contributed by atoms with van der Waals surface area (Å²) < 4.78 is 0. The van der Waals surface area contributed by atoms with Crippen molar-refractivity contribution < 1.29 is 19.8 Å². The van der Waals surface area contributed by atoms with Crippen LogP contribution in [0.3, 0.4) is 0 Å². The van der Waals surface area contributed by atoms with E-state index in [2.05, 4.69) is 10.3 Å². The second-order valence-electron chi connectivity index (χ2n) is 3.01. The average Bonchev–Trinajstić information content (AvgIpc) is 2.16. The molecule has 7 nitrogen and oxygen atoms in total. The molecule has 1 heterocycles. The van der Waals surface area contributed by atoms with E-state index in [0.717, 1.165) is 0 Å². The minimum atomic E-state index is -1.37. The maximum atomic E-state index is 10.6. The van der Waals surface area contributed by atoms with Gasteiger partial charge in [0.1, 0.15) is 6.04 Å². The molecule has 0 amide bonds. The van der Waals surface area contributed by atoms with E-state index < -0.39 is 16.9 Å². The molecule has 0 saturated carbocycles. The molecule has 0 aromatic carbocycles. The van der Waals surface area contributed by atoms with Crippen molar-refractivity contribution in [1.82, 2.24) is 0 Å². The number of anilines is 1. The Hall–Kier alpha value is -1.89. The molecule has 0 aliphatic carbocycles. The summed E-state index contributed by atoms with van der Waals surface area (Å²) in [6.07, 6.45) is 0. The Morgan fingerprint density at radius 3 is 2.75 bits per heavy atom. The molecular weight excluding hydrogens is 238 g/mol. The highest BCUT2D eigenvalue weighted by atomic mass is 35.5. The van der Waals surface area contributed by atoms with Gasteiger partial charge in [0.2, 0.25) is 0 Å². The molecular formula is C8H8ClN3O4. The summed E-state index contributed by atoms with van der Waals surface area (Å²) in [6, 6.07) is 1.39. The lowest BCUT2D eigenvalue weighted by molar-refractivity contribution is -0.409. The summed E-state index contributed by atoms with van der Waals surface area (Å²) in [4.78, 5) is 22.9. The molecule has 0 fully saturated rings. The summed E-state index contributed by atoms with van der Waals surface area (Å²) in [7, 11) is 0. The number of aromatic amines is 1. The first-order valence-electron chi connectivity index (χ1n) is 4.25. The molecule has 0 radical (unpaired) electrons. The molecule has 1 atom stereocenters. The van der Waals surface area contributed by atoms with E-state index in [4.69, 9.17) is 11.6 Å². The number of nitrogens with one attached hydrogen (secondary N) is 2. The quantitative estimate of drug-likeness (QED) is 0.441. The van der Waals surface area contributed by atoms with Crippen LogP contribution in [0.2, 0.25) is 5.15 Å². The molecule has 1 aromatic heterocycles. The number of pyridine rings is 1. The molecule has 0 aliphatic heterocycles. The Morgan fingerprint density at radius 2 is 2.25 bits per heavy atom. The van der Waals surface area contributed by atoms with Crippen LogP contribution in [0.15, 0.2) is 12.1 Å². The van der Waals surface area contributed by atoms with Crippen LogP contribution in [-0.2, 0) is 4.79 Å². The van der Waals surface area contributed by atoms with Crippen LogP contribution in [0.5, 0.6) is 0 Å². The van der Waals surface area contributed by atoms with Gasteiger partial charge in [-0.2, -0.15) is 0 Å². The van der Waals surface area contributed by atoms with Crippen molar-refractivity contribution in [3.05, 3.63) is 27.4 Å². The number of carboxylic acid groups (broad SMARTS) is 1. The van der Waals surface area contributed by atoms with Crippen LogP contribution in [0, 0.1) is 10.1 Å². The fraction of sp³-hybridized carbons (Fsp3) is 0.250. The van der Waals surface area contributed by atoms with Gasteiger partial charge in [0.25, 0.3) is 0 Å². The van der Waals surface area contributed by atoms with Crippen LogP contribution in [0.25, 0.3) is 0 Å². The lowest BCUT2D eigenvalue weighted by Gasteiger charge is -2.09. The number of hydrogen-bond acceptors (Lipinski definition) is 5. The lowest BCUT2D eigenvalue weighted by Crippen LogP contribution is -2.40. The third kappa shape index (κ3) is 2.80. The minimum Gasteiger partial charge on any atom is -0.546 e. The van der Waals surface area contributed by atoms with Crippen molar-refractivity contribution in [3.63, 3.8) is 0 Å². The van der Waals surface area contributed by atoms with Crippen molar-refractivity contribution >= 4 is 29.1 Å². The molecule has 0 unspecified atom stereocenters. The summed E-state index contributed by atoms with van der Waals surface area (Å²) in [6.45, 7) is 1.30. The number of carboxylic acids is 1. The van der Waals surface area contributed by atoms with E-state index in [-0.39, 0.29) is 16.7 Å². The maximum absolute atomic E-state index is 10.6. The van der Waals surface area contributed by atoms with E-state index in [1.54, 1.807) is 0 Å². The molecule has 0 bridgehead atoms. The fourth-order valence-electron chi connectivity index (χ4n) is 0.998. The molecule has 2 N–H and O–H groups in total. The van der Waals surface area contributed by atoms with Gasteiger partial charge in [-0.05, 0) is 18.5 Å². The lowest BCUT2D eigenvalue weighted by atomic mass is 10.3. The van der Waals surface area contributed by atoms with Crippen LogP contribution < -0.4 is 15.4 Å². The number of H-pyrrole nitrogens is 1. The van der Waals surface area contributed by atoms with Crippen LogP contribution in [0.4, 0.5) is 11.5 Å². The van der Waals surface area contributed by atoms with Gasteiger partial charge in [-0.15, -0.1) is 0 Å². The highest BCUT2D eigenvalue weighted by molar-refractivity contribution is 6.28. The Morgan fingerprint density at radius 1 is 1.62 bits per heavy atom. The molecule has 8 heteroatoms. The summed E-state index contributed by atoms with van der Waals surface area (Å²) in [5.41, 5.74) is -0.294. The Kier molecular flexibility index (Phi) is 3.62. The normalized spacial score (nSPS) is 11.9.